The van der Waals surface area contributed by atoms with E-state index < -0.39 is 0 Å². The molecule has 1 aliphatic rings. The number of aliphatic imine (C=N–C) groups is 1. The van der Waals surface area contributed by atoms with E-state index in [1.807, 2.05) is 11.6 Å². The van der Waals surface area contributed by atoms with Crippen molar-refractivity contribution in [3.8, 4) is 5.75 Å². The Kier molecular flexibility index (Phi) is 6.79. The van der Waals surface area contributed by atoms with Gasteiger partial charge in [-0.2, -0.15) is 0 Å². The molecule has 0 unspecified atom stereocenters. The van der Waals surface area contributed by atoms with E-state index in [2.05, 4.69) is 25.4 Å². The van der Waals surface area contributed by atoms with Gasteiger partial charge >= 0.3 is 0 Å². The van der Waals surface area contributed by atoms with Crippen molar-refractivity contribution in [3.05, 3.63) is 40.4 Å². The number of rotatable bonds is 5. The first-order chi connectivity index (χ1) is 13.0. The molecular formula is C18H24Cl2N6O. The van der Waals surface area contributed by atoms with Gasteiger partial charge in [-0.25, -0.2) is 0 Å². The fourth-order valence-corrected chi connectivity index (χ4v) is 3.60. The highest BCUT2D eigenvalue weighted by Crippen LogP contribution is 2.26. The zero-order chi connectivity index (χ0) is 19.2. The molecule has 2 heterocycles. The van der Waals surface area contributed by atoms with Crippen LogP contribution in [0.4, 0.5) is 0 Å². The van der Waals surface area contributed by atoms with Crippen LogP contribution in [0.2, 0.25) is 10.0 Å². The van der Waals surface area contributed by atoms with Crippen LogP contribution in [-0.2, 0) is 13.6 Å². The number of hydrogen-bond donors (Lipinski definition) is 1. The number of guanidine groups is 1. The highest BCUT2D eigenvalue weighted by atomic mass is 35.5. The van der Waals surface area contributed by atoms with Crippen LogP contribution < -0.4 is 10.1 Å². The van der Waals surface area contributed by atoms with Crippen LogP contribution in [0.25, 0.3) is 0 Å². The van der Waals surface area contributed by atoms with E-state index >= 15 is 0 Å². The van der Waals surface area contributed by atoms with Gasteiger partial charge in [-0.1, -0.05) is 23.2 Å². The van der Waals surface area contributed by atoms with Gasteiger partial charge in [0.05, 0.1) is 13.2 Å². The lowest BCUT2D eigenvalue weighted by Crippen LogP contribution is -2.46. The van der Waals surface area contributed by atoms with E-state index in [-0.39, 0.29) is 0 Å². The maximum Gasteiger partial charge on any atom is 0.194 e. The summed E-state index contributed by atoms with van der Waals surface area (Å²) in [5, 5.41) is 12.5. The number of ether oxygens (including phenoxy) is 1. The van der Waals surface area contributed by atoms with Crippen molar-refractivity contribution < 1.29 is 4.74 Å². The zero-order valence-corrected chi connectivity index (χ0v) is 17.0. The topological polar surface area (TPSA) is 67.6 Å². The molecule has 0 saturated carbocycles. The Morgan fingerprint density at radius 3 is 2.56 bits per heavy atom. The van der Waals surface area contributed by atoms with Gasteiger partial charge < -0.3 is 19.5 Å². The molecule has 146 valence electrons. The molecule has 0 aliphatic carbocycles. The number of likely N-dealkylation sites (tertiary alicyclic amines) is 1. The van der Waals surface area contributed by atoms with Crippen LogP contribution in [0.1, 0.15) is 18.7 Å². The largest absolute Gasteiger partial charge is 0.493 e. The van der Waals surface area contributed by atoms with Gasteiger partial charge in [0.2, 0.25) is 0 Å². The summed E-state index contributed by atoms with van der Waals surface area (Å²) in [6.45, 7) is 3.13. The van der Waals surface area contributed by atoms with Crippen LogP contribution in [0, 0.1) is 5.92 Å². The Labute approximate surface area is 169 Å². The molecule has 1 aromatic heterocycles. The van der Waals surface area contributed by atoms with Crippen LogP contribution in [-0.4, -0.2) is 52.4 Å². The number of benzene rings is 1. The first-order valence-electron chi connectivity index (χ1n) is 8.92. The van der Waals surface area contributed by atoms with Crippen molar-refractivity contribution in [2.75, 3.05) is 26.7 Å². The Hall–Kier alpha value is -1.99. The molecule has 2 aromatic rings. The summed E-state index contributed by atoms with van der Waals surface area (Å²) in [5.41, 5.74) is 0. The highest BCUT2D eigenvalue weighted by molar-refractivity contribution is 6.34. The quantitative estimate of drug-likeness (QED) is 0.605. The molecule has 3 rings (SSSR count). The van der Waals surface area contributed by atoms with E-state index in [0.29, 0.717) is 29.1 Å². The van der Waals surface area contributed by atoms with Crippen molar-refractivity contribution in [2.24, 2.45) is 18.0 Å². The number of halogens is 2. The lowest BCUT2D eigenvalue weighted by atomic mass is 9.98. The van der Waals surface area contributed by atoms with Crippen LogP contribution in [0.5, 0.6) is 5.75 Å². The van der Waals surface area contributed by atoms with Gasteiger partial charge in [0, 0.05) is 37.2 Å². The number of aromatic nitrogens is 3. The molecule has 1 aliphatic heterocycles. The second-order valence-electron chi connectivity index (χ2n) is 6.61. The fraction of sp³-hybridized carbons (Fsp3) is 0.500. The van der Waals surface area contributed by atoms with E-state index in [9.17, 15) is 0 Å². The zero-order valence-electron chi connectivity index (χ0n) is 15.5. The molecule has 0 amide bonds. The third-order valence-electron chi connectivity index (χ3n) is 4.66. The van der Waals surface area contributed by atoms with Gasteiger partial charge in [0.15, 0.2) is 11.8 Å². The fourth-order valence-electron chi connectivity index (χ4n) is 3.09. The van der Waals surface area contributed by atoms with E-state index in [4.69, 9.17) is 27.9 Å². The maximum atomic E-state index is 6.02. The molecule has 1 N–H and O–H groups in total. The summed E-state index contributed by atoms with van der Waals surface area (Å²) in [4.78, 5) is 6.66. The third-order valence-corrected chi connectivity index (χ3v) is 5.09. The van der Waals surface area contributed by atoms with Gasteiger partial charge in [0.25, 0.3) is 0 Å². The second-order valence-corrected chi connectivity index (χ2v) is 7.48. The van der Waals surface area contributed by atoms with Crippen molar-refractivity contribution in [1.82, 2.24) is 25.0 Å². The molecular weight excluding hydrogens is 387 g/mol. The molecule has 27 heavy (non-hydrogen) atoms. The first-order valence-corrected chi connectivity index (χ1v) is 9.68. The van der Waals surface area contributed by atoms with Crippen molar-refractivity contribution >= 4 is 29.2 Å². The Bertz CT molecular complexity index is 766. The third kappa shape index (κ3) is 5.49. The number of nitrogens with one attached hydrogen (secondary N) is 1. The monoisotopic (exact) mass is 410 g/mol. The Morgan fingerprint density at radius 2 is 1.96 bits per heavy atom. The first kappa shape index (κ1) is 19.8. The molecule has 0 radical (unpaired) electrons. The summed E-state index contributed by atoms with van der Waals surface area (Å²) in [6.07, 6.45) is 3.77. The van der Waals surface area contributed by atoms with Crippen LogP contribution in [0.15, 0.2) is 29.5 Å². The van der Waals surface area contributed by atoms with Gasteiger partial charge in [-0.05, 0) is 37.0 Å². The van der Waals surface area contributed by atoms with Crippen molar-refractivity contribution in [3.63, 3.8) is 0 Å². The molecule has 7 nitrogen and oxygen atoms in total. The summed E-state index contributed by atoms with van der Waals surface area (Å²) < 4.78 is 7.78. The Balaban J connectivity index is 1.45. The highest BCUT2D eigenvalue weighted by Gasteiger charge is 2.22. The molecule has 9 heteroatoms. The number of piperidine rings is 1. The normalized spacial score (nSPS) is 15.9. The summed E-state index contributed by atoms with van der Waals surface area (Å²) in [7, 11) is 3.73. The number of hydrogen-bond acceptors (Lipinski definition) is 4. The summed E-state index contributed by atoms with van der Waals surface area (Å²) >= 11 is 12.0. The minimum atomic E-state index is 0.496. The van der Waals surface area contributed by atoms with Gasteiger partial charge in [-0.15, -0.1) is 10.2 Å². The number of nitrogens with zero attached hydrogens (tertiary/aromatic N) is 5. The minimum Gasteiger partial charge on any atom is -0.493 e. The molecule has 1 aromatic carbocycles. The van der Waals surface area contributed by atoms with Crippen molar-refractivity contribution in [1.29, 1.82) is 0 Å². The van der Waals surface area contributed by atoms with Crippen molar-refractivity contribution in [2.45, 2.75) is 19.4 Å². The molecule has 1 fully saturated rings. The summed E-state index contributed by atoms with van der Waals surface area (Å²) in [6, 6.07) is 5.29. The predicted octanol–water partition coefficient (Wildman–Crippen LogP) is 2.99. The van der Waals surface area contributed by atoms with Gasteiger partial charge in [-0.3, -0.25) is 4.99 Å². The van der Waals surface area contributed by atoms with Crippen LogP contribution in [0.3, 0.4) is 0 Å². The SMILES string of the molecule is CN=C(NCc1nncn1C)N1CCC(COc2cc(Cl)cc(Cl)c2)CC1. The second kappa shape index (κ2) is 9.28. The molecule has 0 atom stereocenters. The average Bonchev–Trinajstić information content (AvgIpc) is 3.06. The van der Waals surface area contributed by atoms with Crippen LogP contribution >= 0.6 is 23.2 Å². The smallest absolute Gasteiger partial charge is 0.194 e. The standard InChI is InChI=1S/C18H24Cl2N6O/c1-21-18(22-10-17-24-23-12-25(17)2)26-5-3-13(4-6-26)11-27-16-8-14(19)7-15(20)9-16/h7-9,12-13H,3-6,10-11H2,1-2H3,(H,21,22). The average molecular weight is 411 g/mol. The molecule has 0 bridgehead atoms. The lowest BCUT2D eigenvalue weighted by Gasteiger charge is -2.34. The lowest BCUT2D eigenvalue weighted by molar-refractivity contribution is 0.179. The molecule has 0 spiro atoms. The summed E-state index contributed by atoms with van der Waals surface area (Å²) in [5.74, 6) is 2.98. The van der Waals surface area contributed by atoms with Gasteiger partial charge in [0.1, 0.15) is 12.1 Å². The predicted molar refractivity (Wildman–Crippen MR) is 107 cm³/mol. The minimum absolute atomic E-state index is 0.496. The molecule has 1 saturated heterocycles. The Morgan fingerprint density at radius 1 is 1.26 bits per heavy atom. The number of aryl methyl sites for hydroxylation is 1. The van der Waals surface area contributed by atoms with E-state index in [0.717, 1.165) is 43.5 Å². The maximum absolute atomic E-state index is 6.02. The van der Waals surface area contributed by atoms with E-state index in [1.165, 1.54) is 0 Å². The van der Waals surface area contributed by atoms with E-state index in [1.54, 1.807) is 31.6 Å².